The fraction of sp³-hybridized carbons (Fsp3) is 0.400. The molecule has 1 unspecified atom stereocenters. The first-order valence-electron chi connectivity index (χ1n) is 11.2. The zero-order valence-corrected chi connectivity index (χ0v) is 19.6. The fourth-order valence-corrected chi connectivity index (χ4v) is 5.74. The van der Waals surface area contributed by atoms with Crippen LogP contribution in [-0.4, -0.2) is 64.8 Å². The van der Waals surface area contributed by atoms with Crippen LogP contribution in [0.1, 0.15) is 46.4 Å². The van der Waals surface area contributed by atoms with Crippen LogP contribution in [0.25, 0.3) is 0 Å². The number of carbonyl (C=O) groups is 3. The van der Waals surface area contributed by atoms with Gasteiger partial charge in [0.2, 0.25) is 0 Å². The van der Waals surface area contributed by atoms with Crippen molar-refractivity contribution in [1.82, 2.24) is 4.90 Å². The van der Waals surface area contributed by atoms with E-state index in [9.17, 15) is 14.4 Å². The highest BCUT2D eigenvalue weighted by molar-refractivity contribution is 7.99. The standard InChI is InChI=1S/C25H25NO7S/c1-3-34-25-19(26-22(28)16-11-7-8-12-17(16)23(26)29)21(31-14(2)27)20-18(32-25)13-30-24(33-20)15-9-5-4-6-10-15/h4-12,18-21,24-25H,3,13H2,1-2H3/t18-,19+,20-,21-,24?,25+/m1/s1. The number of benzene rings is 2. The molecule has 2 aromatic carbocycles. The minimum absolute atomic E-state index is 0.220. The van der Waals surface area contributed by atoms with Gasteiger partial charge in [-0.15, -0.1) is 11.8 Å². The molecule has 3 aliphatic rings. The van der Waals surface area contributed by atoms with Gasteiger partial charge in [0, 0.05) is 12.5 Å². The van der Waals surface area contributed by atoms with E-state index >= 15 is 0 Å². The van der Waals surface area contributed by atoms with Gasteiger partial charge in [0.1, 0.15) is 23.7 Å². The lowest BCUT2D eigenvalue weighted by Gasteiger charge is -2.50. The molecule has 2 saturated heterocycles. The number of fused-ring (bicyclic) bond motifs is 2. The highest BCUT2D eigenvalue weighted by atomic mass is 32.2. The number of hydrogen-bond acceptors (Lipinski definition) is 8. The molecule has 34 heavy (non-hydrogen) atoms. The largest absolute Gasteiger partial charge is 0.457 e. The number of nitrogens with zero attached hydrogens (tertiary/aromatic N) is 1. The first-order valence-corrected chi connectivity index (χ1v) is 12.3. The number of imide groups is 1. The Morgan fingerprint density at radius 1 is 1.03 bits per heavy atom. The van der Waals surface area contributed by atoms with Crippen molar-refractivity contribution in [2.75, 3.05) is 12.4 Å². The number of carbonyl (C=O) groups excluding carboxylic acids is 3. The molecule has 2 amide bonds. The van der Waals surface area contributed by atoms with Gasteiger partial charge in [-0.05, 0) is 17.9 Å². The number of thioether (sulfide) groups is 1. The van der Waals surface area contributed by atoms with Gasteiger partial charge in [0.05, 0.1) is 17.7 Å². The topological polar surface area (TPSA) is 91.4 Å². The summed E-state index contributed by atoms with van der Waals surface area (Å²) in [5.41, 5.74) is 0.848. The maximum absolute atomic E-state index is 13.4. The molecule has 0 N–H and O–H groups in total. The average molecular weight is 484 g/mol. The Bertz CT molecular complexity index is 1060. The molecule has 0 aromatic heterocycles. The summed E-state index contributed by atoms with van der Waals surface area (Å²) in [5, 5.41) is 0. The Morgan fingerprint density at radius 3 is 2.29 bits per heavy atom. The summed E-state index contributed by atoms with van der Waals surface area (Å²) < 4.78 is 24.3. The minimum Gasteiger partial charge on any atom is -0.457 e. The Balaban J connectivity index is 1.53. The van der Waals surface area contributed by atoms with Crippen molar-refractivity contribution in [3.8, 4) is 0 Å². The van der Waals surface area contributed by atoms with Crippen molar-refractivity contribution in [2.45, 2.75) is 49.9 Å². The normalized spacial score (nSPS) is 30.6. The van der Waals surface area contributed by atoms with Gasteiger partial charge < -0.3 is 18.9 Å². The molecule has 9 heteroatoms. The summed E-state index contributed by atoms with van der Waals surface area (Å²) in [6.07, 6.45) is -2.87. The average Bonchev–Trinajstić information content (AvgIpc) is 3.09. The van der Waals surface area contributed by atoms with Crippen LogP contribution >= 0.6 is 11.8 Å². The zero-order chi connectivity index (χ0) is 23.8. The molecule has 178 valence electrons. The molecule has 6 atom stereocenters. The third-order valence-corrected chi connectivity index (χ3v) is 7.19. The summed E-state index contributed by atoms with van der Waals surface area (Å²) in [4.78, 5) is 40.1. The summed E-state index contributed by atoms with van der Waals surface area (Å²) in [5.74, 6) is -0.724. The van der Waals surface area contributed by atoms with E-state index in [1.807, 2.05) is 37.3 Å². The van der Waals surface area contributed by atoms with E-state index in [0.717, 1.165) is 5.56 Å². The minimum atomic E-state index is -0.919. The van der Waals surface area contributed by atoms with Gasteiger partial charge in [-0.3, -0.25) is 19.3 Å². The van der Waals surface area contributed by atoms with Gasteiger partial charge in [-0.1, -0.05) is 49.4 Å². The molecule has 0 bridgehead atoms. The maximum atomic E-state index is 13.4. The van der Waals surface area contributed by atoms with Crippen LogP contribution in [0.3, 0.4) is 0 Å². The SMILES string of the molecule is CCS[C@@H]1O[C@@H]2COC(c3ccccc3)O[C@H]2[C@H](OC(C)=O)[C@@H]1N1C(=O)c2ccccc2C1=O. The highest BCUT2D eigenvalue weighted by Crippen LogP contribution is 2.41. The number of esters is 1. The van der Waals surface area contributed by atoms with Crippen molar-refractivity contribution in [3.05, 3.63) is 71.3 Å². The molecule has 5 rings (SSSR count). The lowest BCUT2D eigenvalue weighted by Crippen LogP contribution is -2.67. The zero-order valence-electron chi connectivity index (χ0n) is 18.8. The summed E-state index contributed by atoms with van der Waals surface area (Å²) in [6.45, 7) is 3.48. The van der Waals surface area contributed by atoms with Crippen molar-refractivity contribution in [3.63, 3.8) is 0 Å². The molecular formula is C25H25NO7S. The number of amides is 2. The van der Waals surface area contributed by atoms with Crippen LogP contribution in [-0.2, 0) is 23.7 Å². The van der Waals surface area contributed by atoms with Gasteiger partial charge in [-0.25, -0.2) is 0 Å². The Kier molecular flexibility index (Phi) is 6.44. The fourth-order valence-electron chi connectivity index (χ4n) is 4.72. The molecule has 2 fully saturated rings. The van der Waals surface area contributed by atoms with Crippen LogP contribution in [0.2, 0.25) is 0 Å². The Hall–Kier alpha value is -2.72. The second-order valence-corrected chi connectivity index (χ2v) is 9.64. The molecule has 0 saturated carbocycles. The van der Waals surface area contributed by atoms with Crippen LogP contribution in [0.4, 0.5) is 0 Å². The molecule has 3 aliphatic heterocycles. The lowest BCUT2D eigenvalue weighted by atomic mass is 9.95. The van der Waals surface area contributed by atoms with E-state index < -0.39 is 53.9 Å². The molecule has 8 nitrogen and oxygen atoms in total. The molecular weight excluding hydrogens is 458 g/mol. The number of hydrogen-bond donors (Lipinski definition) is 0. The van der Waals surface area contributed by atoms with E-state index in [1.165, 1.54) is 23.6 Å². The van der Waals surface area contributed by atoms with Crippen molar-refractivity contribution >= 4 is 29.5 Å². The van der Waals surface area contributed by atoms with Crippen LogP contribution in [0.5, 0.6) is 0 Å². The summed E-state index contributed by atoms with van der Waals surface area (Å²) >= 11 is 1.44. The maximum Gasteiger partial charge on any atom is 0.303 e. The Labute approximate surface area is 201 Å². The molecule has 3 heterocycles. The van der Waals surface area contributed by atoms with Gasteiger partial charge in [0.15, 0.2) is 12.4 Å². The second-order valence-electron chi connectivity index (χ2n) is 8.27. The monoisotopic (exact) mass is 483 g/mol. The van der Waals surface area contributed by atoms with E-state index in [0.29, 0.717) is 16.9 Å². The van der Waals surface area contributed by atoms with Gasteiger partial charge >= 0.3 is 5.97 Å². The third kappa shape index (κ3) is 4.02. The number of ether oxygens (including phenoxy) is 4. The quantitative estimate of drug-likeness (QED) is 0.473. The molecule has 0 spiro atoms. The Morgan fingerprint density at radius 2 is 1.68 bits per heavy atom. The van der Waals surface area contributed by atoms with E-state index in [2.05, 4.69) is 0 Å². The first kappa shape index (κ1) is 23.0. The highest BCUT2D eigenvalue weighted by Gasteiger charge is 2.57. The van der Waals surface area contributed by atoms with Crippen LogP contribution < -0.4 is 0 Å². The van der Waals surface area contributed by atoms with Crippen LogP contribution in [0.15, 0.2) is 54.6 Å². The molecule has 2 aromatic rings. The molecule has 0 aliphatic carbocycles. The lowest BCUT2D eigenvalue weighted by molar-refractivity contribution is -0.311. The molecule has 0 radical (unpaired) electrons. The van der Waals surface area contributed by atoms with E-state index in [1.54, 1.807) is 24.3 Å². The van der Waals surface area contributed by atoms with E-state index in [-0.39, 0.29) is 6.61 Å². The predicted molar refractivity (Wildman–Crippen MR) is 123 cm³/mol. The summed E-state index contributed by atoms with van der Waals surface area (Å²) in [6, 6.07) is 15.2. The van der Waals surface area contributed by atoms with Crippen molar-refractivity contribution in [1.29, 1.82) is 0 Å². The summed E-state index contributed by atoms with van der Waals surface area (Å²) in [7, 11) is 0. The van der Waals surface area contributed by atoms with Gasteiger partial charge in [-0.2, -0.15) is 0 Å². The third-order valence-electron chi connectivity index (χ3n) is 6.14. The van der Waals surface area contributed by atoms with Crippen molar-refractivity contribution < 1.29 is 33.3 Å². The van der Waals surface area contributed by atoms with Gasteiger partial charge in [0.25, 0.3) is 11.8 Å². The second kappa shape index (κ2) is 9.50. The van der Waals surface area contributed by atoms with Crippen molar-refractivity contribution in [2.24, 2.45) is 0 Å². The van der Waals surface area contributed by atoms with Crippen LogP contribution in [0, 0.1) is 0 Å². The first-order chi connectivity index (χ1) is 16.5. The smallest absolute Gasteiger partial charge is 0.303 e. The van der Waals surface area contributed by atoms with E-state index in [4.69, 9.17) is 18.9 Å². The number of rotatable bonds is 5. The predicted octanol–water partition coefficient (Wildman–Crippen LogP) is 3.18.